The van der Waals surface area contributed by atoms with Crippen molar-refractivity contribution < 1.29 is 14.7 Å². The summed E-state index contributed by atoms with van der Waals surface area (Å²) in [6.07, 6.45) is 2.79. The van der Waals surface area contributed by atoms with Crippen LogP contribution >= 0.6 is 0 Å². The number of benzene rings is 1. The van der Waals surface area contributed by atoms with Crippen molar-refractivity contribution in [2.24, 2.45) is 5.41 Å². The average molecular weight is 277 g/mol. The van der Waals surface area contributed by atoms with Gasteiger partial charge in [0, 0.05) is 6.54 Å². The molecule has 1 saturated carbocycles. The zero-order chi connectivity index (χ0) is 14.6. The molecule has 0 heterocycles. The summed E-state index contributed by atoms with van der Waals surface area (Å²) < 4.78 is 0. The van der Waals surface area contributed by atoms with Crippen LogP contribution in [-0.4, -0.2) is 23.7 Å². The molecule has 6 heteroatoms. The standard InChI is InChI=1S/C14H19N3O3/c15-10-4-1-2-5-11(10)17-13(20)16-9-14(6-3-7-14)8-12(18)19/h1-2,4-5H,3,6-9,15H2,(H,18,19)(H2,16,17,20). The maximum atomic E-state index is 11.8. The van der Waals surface area contributed by atoms with E-state index < -0.39 is 5.97 Å². The van der Waals surface area contributed by atoms with Gasteiger partial charge in [-0.3, -0.25) is 4.79 Å². The van der Waals surface area contributed by atoms with E-state index in [0.717, 1.165) is 19.3 Å². The zero-order valence-electron chi connectivity index (χ0n) is 11.2. The molecule has 20 heavy (non-hydrogen) atoms. The fourth-order valence-corrected chi connectivity index (χ4v) is 2.46. The van der Waals surface area contributed by atoms with Crippen LogP contribution in [-0.2, 0) is 4.79 Å². The molecule has 0 aromatic heterocycles. The van der Waals surface area contributed by atoms with Crippen LogP contribution in [0.4, 0.5) is 16.2 Å². The van der Waals surface area contributed by atoms with E-state index in [1.165, 1.54) is 0 Å². The Morgan fingerprint density at radius 1 is 1.30 bits per heavy atom. The van der Waals surface area contributed by atoms with E-state index in [2.05, 4.69) is 10.6 Å². The molecule has 0 bridgehead atoms. The average Bonchev–Trinajstić information content (AvgIpc) is 2.35. The predicted octanol–water partition coefficient (Wildman–Crippen LogP) is 2.04. The number of nitrogens with two attached hydrogens (primary N) is 1. The van der Waals surface area contributed by atoms with E-state index in [9.17, 15) is 9.59 Å². The topological polar surface area (TPSA) is 104 Å². The lowest BCUT2D eigenvalue weighted by Crippen LogP contribution is -2.44. The minimum Gasteiger partial charge on any atom is -0.481 e. The third-order valence-corrected chi connectivity index (χ3v) is 3.77. The number of rotatable bonds is 5. The van der Waals surface area contributed by atoms with Crippen molar-refractivity contribution in [2.45, 2.75) is 25.7 Å². The zero-order valence-corrected chi connectivity index (χ0v) is 11.2. The molecule has 0 saturated heterocycles. The van der Waals surface area contributed by atoms with Gasteiger partial charge in [-0.25, -0.2) is 4.79 Å². The van der Waals surface area contributed by atoms with E-state index in [4.69, 9.17) is 10.8 Å². The van der Waals surface area contributed by atoms with Crippen molar-refractivity contribution in [1.29, 1.82) is 0 Å². The SMILES string of the molecule is Nc1ccccc1NC(=O)NCC1(CC(=O)O)CCC1. The first-order valence-electron chi connectivity index (χ1n) is 6.62. The number of amides is 2. The number of nitrogens with one attached hydrogen (secondary N) is 2. The summed E-state index contributed by atoms with van der Waals surface area (Å²) in [6.45, 7) is 0.373. The van der Waals surface area contributed by atoms with Gasteiger partial charge in [0.05, 0.1) is 17.8 Å². The van der Waals surface area contributed by atoms with E-state index >= 15 is 0 Å². The van der Waals surface area contributed by atoms with Crippen LogP contribution in [0.5, 0.6) is 0 Å². The van der Waals surface area contributed by atoms with Crippen LogP contribution in [0.15, 0.2) is 24.3 Å². The monoisotopic (exact) mass is 277 g/mol. The number of carbonyl (C=O) groups excluding carboxylic acids is 1. The molecule has 0 aliphatic heterocycles. The third kappa shape index (κ3) is 3.40. The van der Waals surface area contributed by atoms with Crippen LogP contribution in [0.25, 0.3) is 0 Å². The molecule has 6 nitrogen and oxygen atoms in total. The van der Waals surface area contributed by atoms with Crippen molar-refractivity contribution in [2.75, 3.05) is 17.6 Å². The van der Waals surface area contributed by atoms with Crippen molar-refractivity contribution in [3.8, 4) is 0 Å². The molecule has 108 valence electrons. The van der Waals surface area contributed by atoms with Gasteiger partial charge in [-0.15, -0.1) is 0 Å². The highest BCUT2D eigenvalue weighted by atomic mass is 16.4. The number of urea groups is 1. The maximum Gasteiger partial charge on any atom is 0.319 e. The highest BCUT2D eigenvalue weighted by Gasteiger charge is 2.39. The first-order chi connectivity index (χ1) is 9.51. The third-order valence-electron chi connectivity index (χ3n) is 3.77. The van der Waals surface area contributed by atoms with E-state index in [1.54, 1.807) is 24.3 Å². The Bertz CT molecular complexity index is 512. The Hall–Kier alpha value is -2.24. The first-order valence-corrected chi connectivity index (χ1v) is 6.62. The first kappa shape index (κ1) is 14.2. The molecule has 0 unspecified atom stereocenters. The van der Waals surface area contributed by atoms with Crippen LogP contribution in [0, 0.1) is 5.41 Å². The highest BCUT2D eigenvalue weighted by Crippen LogP contribution is 2.43. The molecular formula is C14H19N3O3. The molecule has 1 aromatic carbocycles. The van der Waals surface area contributed by atoms with Crippen LogP contribution in [0.1, 0.15) is 25.7 Å². The largest absolute Gasteiger partial charge is 0.481 e. The Kier molecular flexibility index (Phi) is 4.12. The second-order valence-electron chi connectivity index (χ2n) is 5.32. The minimum atomic E-state index is -0.820. The van der Waals surface area contributed by atoms with Gasteiger partial charge in [-0.2, -0.15) is 0 Å². The Morgan fingerprint density at radius 2 is 2.00 bits per heavy atom. The number of hydrogen-bond donors (Lipinski definition) is 4. The number of aliphatic carboxylic acids is 1. The van der Waals surface area contributed by atoms with E-state index in [0.29, 0.717) is 17.9 Å². The summed E-state index contributed by atoms with van der Waals surface area (Å²) in [4.78, 5) is 22.7. The van der Waals surface area contributed by atoms with Gasteiger partial charge in [-0.1, -0.05) is 18.6 Å². The molecule has 1 fully saturated rings. The molecule has 5 N–H and O–H groups in total. The summed E-state index contributed by atoms with van der Waals surface area (Å²) in [5, 5.41) is 14.3. The van der Waals surface area contributed by atoms with Gasteiger partial charge < -0.3 is 21.5 Å². The predicted molar refractivity (Wildman–Crippen MR) is 76.4 cm³/mol. The van der Waals surface area contributed by atoms with Gasteiger partial charge in [0.25, 0.3) is 0 Å². The van der Waals surface area contributed by atoms with Crippen molar-refractivity contribution in [3.05, 3.63) is 24.3 Å². The smallest absolute Gasteiger partial charge is 0.319 e. The molecular weight excluding hydrogens is 258 g/mol. The number of hydrogen-bond acceptors (Lipinski definition) is 3. The Balaban J connectivity index is 1.86. The number of anilines is 2. The summed E-state index contributed by atoms with van der Waals surface area (Å²) in [6, 6.07) is 6.62. The highest BCUT2D eigenvalue weighted by molar-refractivity contribution is 5.92. The van der Waals surface area contributed by atoms with Crippen molar-refractivity contribution in [1.82, 2.24) is 5.32 Å². The van der Waals surface area contributed by atoms with E-state index in [-0.39, 0.29) is 17.9 Å². The number of carbonyl (C=O) groups is 2. The fourth-order valence-electron chi connectivity index (χ4n) is 2.46. The number of nitrogen functional groups attached to an aromatic ring is 1. The van der Waals surface area contributed by atoms with Crippen molar-refractivity contribution >= 4 is 23.4 Å². The van der Waals surface area contributed by atoms with Crippen LogP contribution < -0.4 is 16.4 Å². The number of carboxylic acid groups (broad SMARTS) is 1. The van der Waals surface area contributed by atoms with Gasteiger partial charge in [0.2, 0.25) is 0 Å². The molecule has 0 spiro atoms. The Labute approximate surface area is 117 Å². The molecule has 1 aliphatic rings. The molecule has 1 aliphatic carbocycles. The molecule has 0 atom stereocenters. The van der Waals surface area contributed by atoms with Gasteiger partial charge in [0.15, 0.2) is 0 Å². The summed E-state index contributed by atoms with van der Waals surface area (Å²) in [7, 11) is 0. The van der Waals surface area contributed by atoms with Crippen molar-refractivity contribution in [3.63, 3.8) is 0 Å². The lowest BCUT2D eigenvalue weighted by Gasteiger charge is -2.40. The van der Waals surface area contributed by atoms with Gasteiger partial charge in [0.1, 0.15) is 0 Å². The second kappa shape index (κ2) is 5.81. The van der Waals surface area contributed by atoms with Crippen LogP contribution in [0.3, 0.4) is 0 Å². The van der Waals surface area contributed by atoms with Gasteiger partial charge >= 0.3 is 12.0 Å². The molecule has 1 aromatic rings. The number of para-hydroxylation sites is 2. The molecule has 2 amide bonds. The summed E-state index contributed by atoms with van der Waals surface area (Å²) in [5.41, 5.74) is 6.49. The summed E-state index contributed by atoms with van der Waals surface area (Å²) in [5.74, 6) is -0.820. The maximum absolute atomic E-state index is 11.8. The minimum absolute atomic E-state index is 0.0980. The molecule has 2 rings (SSSR count). The normalized spacial score (nSPS) is 16.0. The summed E-state index contributed by atoms with van der Waals surface area (Å²) >= 11 is 0. The quantitative estimate of drug-likeness (QED) is 0.618. The van der Waals surface area contributed by atoms with Crippen LogP contribution in [0.2, 0.25) is 0 Å². The van der Waals surface area contributed by atoms with Gasteiger partial charge in [-0.05, 0) is 30.4 Å². The fraction of sp³-hybridized carbons (Fsp3) is 0.429. The Morgan fingerprint density at radius 3 is 2.55 bits per heavy atom. The molecule has 0 radical (unpaired) electrons. The lowest BCUT2D eigenvalue weighted by molar-refractivity contribution is -0.141. The lowest BCUT2D eigenvalue weighted by atomic mass is 9.66. The van der Waals surface area contributed by atoms with E-state index in [1.807, 2.05) is 0 Å². The number of carboxylic acids is 1. The second-order valence-corrected chi connectivity index (χ2v) is 5.32.